The molecule has 0 spiro atoms. The average Bonchev–Trinajstić information content (AvgIpc) is 2.70. The normalized spacial score (nSPS) is 10.5. The highest BCUT2D eigenvalue weighted by Gasteiger charge is 2.14. The zero-order chi connectivity index (χ0) is 21.7. The van der Waals surface area contributed by atoms with Crippen molar-refractivity contribution in [1.29, 1.82) is 0 Å². The summed E-state index contributed by atoms with van der Waals surface area (Å²) in [6.45, 7) is 5.22. The quantitative estimate of drug-likeness (QED) is 0.267. The Morgan fingerprint density at radius 1 is 1.20 bits per heavy atom. The lowest BCUT2D eigenvalue weighted by Crippen LogP contribution is -2.28. The van der Waals surface area contributed by atoms with Crippen molar-refractivity contribution in [3.8, 4) is 11.5 Å². The lowest BCUT2D eigenvalue weighted by molar-refractivity contribution is -0.136. The molecule has 1 amide bonds. The van der Waals surface area contributed by atoms with Gasteiger partial charge in [-0.25, -0.2) is 9.59 Å². The van der Waals surface area contributed by atoms with Crippen LogP contribution in [0.4, 0.5) is 0 Å². The second-order valence-corrected chi connectivity index (χ2v) is 6.75. The van der Waals surface area contributed by atoms with Gasteiger partial charge in [-0.15, -0.1) is 6.58 Å². The third kappa shape index (κ3) is 5.07. The summed E-state index contributed by atoms with van der Waals surface area (Å²) in [4.78, 5) is 36.2. The monoisotopic (exact) mass is 427 g/mol. The van der Waals surface area contributed by atoms with E-state index in [4.69, 9.17) is 25.5 Å². The standard InChI is InChI=1S/C22H18ClNO6/c1-3-8-24-21(26)17-10-14-4-6-16(11-19(14)30-22(17)27)29-20(25)12-28-18-7-5-15(23)9-13(18)2/h3-7,9-11H,1,8,12H2,2H3,(H,24,26). The van der Waals surface area contributed by atoms with Gasteiger partial charge in [0.1, 0.15) is 22.6 Å². The smallest absolute Gasteiger partial charge is 0.349 e. The predicted molar refractivity (Wildman–Crippen MR) is 112 cm³/mol. The minimum atomic E-state index is -0.797. The first-order valence-corrected chi connectivity index (χ1v) is 9.32. The number of halogens is 1. The van der Waals surface area contributed by atoms with Crippen molar-refractivity contribution in [2.45, 2.75) is 6.92 Å². The number of fused-ring (bicyclic) bond motifs is 1. The summed E-state index contributed by atoms with van der Waals surface area (Å²) in [5.41, 5.74) is 0.0469. The Kier molecular flexibility index (Phi) is 6.54. The van der Waals surface area contributed by atoms with Crippen molar-refractivity contribution in [3.63, 3.8) is 0 Å². The molecule has 0 bridgehead atoms. The molecule has 30 heavy (non-hydrogen) atoms. The number of carbonyl (C=O) groups excluding carboxylic acids is 2. The number of nitrogens with one attached hydrogen (secondary N) is 1. The summed E-state index contributed by atoms with van der Waals surface area (Å²) in [6.07, 6.45) is 1.50. The maximum atomic E-state index is 12.1. The first-order valence-electron chi connectivity index (χ1n) is 8.94. The van der Waals surface area contributed by atoms with Crippen LogP contribution >= 0.6 is 11.6 Å². The number of esters is 1. The summed E-state index contributed by atoms with van der Waals surface area (Å²) in [5.74, 6) is -0.499. The number of benzene rings is 2. The van der Waals surface area contributed by atoms with Gasteiger partial charge in [-0.2, -0.15) is 0 Å². The van der Waals surface area contributed by atoms with Crippen molar-refractivity contribution >= 4 is 34.4 Å². The molecule has 0 aliphatic rings. The van der Waals surface area contributed by atoms with Gasteiger partial charge in [-0.05, 0) is 48.9 Å². The van der Waals surface area contributed by atoms with Gasteiger partial charge in [0.25, 0.3) is 5.91 Å². The van der Waals surface area contributed by atoms with Crippen LogP contribution in [-0.4, -0.2) is 25.0 Å². The van der Waals surface area contributed by atoms with Crippen LogP contribution in [0.25, 0.3) is 11.0 Å². The van der Waals surface area contributed by atoms with Crippen LogP contribution in [0.3, 0.4) is 0 Å². The molecular weight excluding hydrogens is 410 g/mol. The number of aryl methyl sites for hydroxylation is 1. The second kappa shape index (κ2) is 9.28. The molecule has 154 valence electrons. The minimum Gasteiger partial charge on any atom is -0.482 e. The first-order chi connectivity index (χ1) is 14.4. The van der Waals surface area contributed by atoms with E-state index >= 15 is 0 Å². The van der Waals surface area contributed by atoms with Gasteiger partial charge < -0.3 is 19.2 Å². The zero-order valence-corrected chi connectivity index (χ0v) is 16.8. The lowest BCUT2D eigenvalue weighted by atomic mass is 10.1. The first kappa shape index (κ1) is 21.1. The molecule has 0 radical (unpaired) electrons. The van der Waals surface area contributed by atoms with E-state index in [0.717, 1.165) is 5.56 Å². The van der Waals surface area contributed by atoms with Gasteiger partial charge in [-0.1, -0.05) is 17.7 Å². The highest BCUT2D eigenvalue weighted by atomic mass is 35.5. The molecule has 3 rings (SSSR count). The van der Waals surface area contributed by atoms with Crippen LogP contribution in [0, 0.1) is 6.92 Å². The fourth-order valence-corrected chi connectivity index (χ4v) is 2.87. The van der Waals surface area contributed by atoms with Gasteiger partial charge >= 0.3 is 11.6 Å². The van der Waals surface area contributed by atoms with E-state index in [1.807, 2.05) is 6.92 Å². The van der Waals surface area contributed by atoms with Crippen LogP contribution in [0.5, 0.6) is 11.5 Å². The van der Waals surface area contributed by atoms with Crippen LogP contribution in [0.1, 0.15) is 15.9 Å². The van der Waals surface area contributed by atoms with Gasteiger partial charge in [-0.3, -0.25) is 4.79 Å². The van der Waals surface area contributed by atoms with Crippen LogP contribution in [0.2, 0.25) is 5.02 Å². The SMILES string of the molecule is C=CCNC(=O)c1cc2ccc(OC(=O)COc3ccc(Cl)cc3C)cc2oc1=O. The van der Waals surface area contributed by atoms with Crippen molar-refractivity contribution in [2.75, 3.05) is 13.2 Å². The molecule has 0 atom stereocenters. The Hall–Kier alpha value is -3.58. The summed E-state index contributed by atoms with van der Waals surface area (Å²) in [7, 11) is 0. The predicted octanol–water partition coefficient (Wildman–Crippen LogP) is 3.66. The van der Waals surface area contributed by atoms with Crippen molar-refractivity contribution in [1.82, 2.24) is 5.32 Å². The van der Waals surface area contributed by atoms with Crippen molar-refractivity contribution in [2.24, 2.45) is 0 Å². The zero-order valence-electron chi connectivity index (χ0n) is 16.1. The molecule has 0 fully saturated rings. The number of amides is 1. The molecule has 1 N–H and O–H groups in total. The third-order valence-corrected chi connectivity index (χ3v) is 4.31. The molecule has 0 unspecified atom stereocenters. The van der Waals surface area contributed by atoms with Crippen LogP contribution < -0.4 is 20.4 Å². The topological polar surface area (TPSA) is 94.8 Å². The Bertz CT molecular complexity index is 1180. The van der Waals surface area contributed by atoms with E-state index in [0.29, 0.717) is 16.2 Å². The van der Waals surface area contributed by atoms with E-state index < -0.39 is 17.5 Å². The number of hydrogen-bond acceptors (Lipinski definition) is 6. The van der Waals surface area contributed by atoms with E-state index in [-0.39, 0.29) is 30.0 Å². The van der Waals surface area contributed by atoms with E-state index in [1.54, 1.807) is 24.3 Å². The molecule has 0 saturated carbocycles. The van der Waals surface area contributed by atoms with Gasteiger partial charge in [0.2, 0.25) is 0 Å². The van der Waals surface area contributed by atoms with Crippen molar-refractivity contribution < 1.29 is 23.5 Å². The highest BCUT2D eigenvalue weighted by Crippen LogP contribution is 2.23. The Morgan fingerprint density at radius 2 is 2.00 bits per heavy atom. The summed E-state index contributed by atoms with van der Waals surface area (Å²) in [5, 5.41) is 3.60. The van der Waals surface area contributed by atoms with E-state index in [1.165, 1.54) is 24.3 Å². The van der Waals surface area contributed by atoms with Crippen LogP contribution in [0.15, 0.2) is 64.3 Å². The van der Waals surface area contributed by atoms with Gasteiger partial charge in [0, 0.05) is 23.0 Å². The molecule has 0 aliphatic heterocycles. The Labute approximate surface area is 176 Å². The van der Waals surface area contributed by atoms with E-state index in [2.05, 4.69) is 11.9 Å². The lowest BCUT2D eigenvalue weighted by Gasteiger charge is -2.09. The van der Waals surface area contributed by atoms with Gasteiger partial charge in [0.15, 0.2) is 6.61 Å². The molecule has 8 heteroatoms. The summed E-state index contributed by atoms with van der Waals surface area (Å²) in [6, 6.07) is 11.0. The summed E-state index contributed by atoms with van der Waals surface area (Å²) < 4.78 is 15.9. The molecular formula is C22H18ClNO6. The number of hydrogen-bond donors (Lipinski definition) is 1. The van der Waals surface area contributed by atoms with Crippen LogP contribution in [-0.2, 0) is 4.79 Å². The molecule has 1 aromatic heterocycles. The average molecular weight is 428 g/mol. The summed E-state index contributed by atoms with van der Waals surface area (Å²) >= 11 is 5.89. The van der Waals surface area contributed by atoms with Gasteiger partial charge in [0.05, 0.1) is 0 Å². The maximum absolute atomic E-state index is 12.1. The van der Waals surface area contributed by atoms with Crippen molar-refractivity contribution in [3.05, 3.63) is 81.7 Å². The molecule has 1 heterocycles. The minimum absolute atomic E-state index is 0.124. The largest absolute Gasteiger partial charge is 0.482 e. The highest BCUT2D eigenvalue weighted by molar-refractivity contribution is 6.30. The number of ether oxygens (including phenoxy) is 2. The number of carbonyl (C=O) groups is 2. The molecule has 3 aromatic rings. The maximum Gasteiger partial charge on any atom is 0.349 e. The molecule has 2 aromatic carbocycles. The Balaban J connectivity index is 1.70. The Morgan fingerprint density at radius 3 is 2.73 bits per heavy atom. The molecule has 7 nitrogen and oxygen atoms in total. The second-order valence-electron chi connectivity index (χ2n) is 6.32. The fourth-order valence-electron chi connectivity index (χ4n) is 2.65. The fraction of sp³-hybridized carbons (Fsp3) is 0.136. The van der Waals surface area contributed by atoms with E-state index in [9.17, 15) is 14.4 Å². The molecule has 0 saturated heterocycles. The molecule has 0 aliphatic carbocycles. The third-order valence-electron chi connectivity index (χ3n) is 4.07. The number of rotatable bonds is 7.